The number of amides is 1. The van der Waals surface area contributed by atoms with E-state index in [-0.39, 0.29) is 17.4 Å². The number of methoxy groups -OCH3 is 1. The molecule has 0 aromatic heterocycles. The number of hydrogen-bond donors (Lipinski definition) is 1. The fraction of sp³-hybridized carbons (Fsp3) is 0.370. The molecule has 32 heavy (non-hydrogen) atoms. The summed E-state index contributed by atoms with van der Waals surface area (Å²) in [6.07, 6.45) is 2.36. The lowest BCUT2D eigenvalue weighted by Gasteiger charge is -2.39. The molecule has 3 aromatic rings. The second-order valence-electron chi connectivity index (χ2n) is 8.83. The van der Waals surface area contributed by atoms with Crippen molar-refractivity contribution in [3.8, 4) is 5.75 Å². The van der Waals surface area contributed by atoms with Crippen molar-refractivity contribution >= 4 is 28.3 Å². The lowest BCUT2D eigenvalue weighted by molar-refractivity contribution is -0.133. The number of nitrogens with one attached hydrogen (secondary N) is 1. The Hall–Kier alpha value is -2.56. The highest BCUT2D eigenvalue weighted by Crippen LogP contribution is 2.39. The minimum atomic E-state index is -0.168. The summed E-state index contributed by atoms with van der Waals surface area (Å²) in [6.45, 7) is 3.91. The first-order valence-electron chi connectivity index (χ1n) is 11.2. The van der Waals surface area contributed by atoms with Crippen LogP contribution in [-0.4, -0.2) is 38.1 Å². The topological polar surface area (TPSA) is 41.6 Å². The van der Waals surface area contributed by atoms with Gasteiger partial charge < -0.3 is 15.0 Å². The maximum absolute atomic E-state index is 13.6. The molecule has 1 heterocycles. The summed E-state index contributed by atoms with van der Waals surface area (Å²) >= 11 is 6.41. The number of nitrogens with zero attached hydrogens (tertiary/aromatic N) is 1. The highest BCUT2D eigenvalue weighted by atomic mass is 35.5. The van der Waals surface area contributed by atoms with E-state index in [0.29, 0.717) is 11.4 Å². The van der Waals surface area contributed by atoms with Crippen LogP contribution in [0, 0.1) is 0 Å². The van der Waals surface area contributed by atoms with Crippen molar-refractivity contribution in [2.24, 2.45) is 0 Å². The third-order valence-electron chi connectivity index (χ3n) is 7.04. The lowest BCUT2D eigenvalue weighted by atomic mass is 9.70. The Kier molecular flexibility index (Phi) is 6.73. The molecule has 1 aliphatic rings. The number of rotatable bonds is 6. The molecule has 4 rings (SSSR count). The Balaban J connectivity index is 1.61. The van der Waals surface area contributed by atoms with Crippen LogP contribution in [0.1, 0.15) is 43.4 Å². The van der Waals surface area contributed by atoms with Crippen LogP contribution in [0.3, 0.4) is 0 Å². The van der Waals surface area contributed by atoms with Gasteiger partial charge in [0.25, 0.3) is 0 Å². The molecule has 1 aliphatic heterocycles. The summed E-state index contributed by atoms with van der Waals surface area (Å²) < 4.78 is 5.34. The number of benzene rings is 3. The minimum Gasteiger partial charge on any atom is -0.497 e. The normalized spacial score (nSPS) is 16.5. The second-order valence-corrected chi connectivity index (χ2v) is 9.27. The molecule has 1 fully saturated rings. The molecule has 1 atom stereocenters. The second kappa shape index (κ2) is 9.51. The minimum absolute atomic E-state index is 0.0827. The maximum atomic E-state index is 13.6. The van der Waals surface area contributed by atoms with E-state index in [4.69, 9.17) is 16.3 Å². The first-order valence-corrected chi connectivity index (χ1v) is 11.6. The maximum Gasteiger partial charge on any atom is 0.223 e. The molecule has 0 spiro atoms. The monoisotopic (exact) mass is 450 g/mol. The predicted molar refractivity (Wildman–Crippen MR) is 132 cm³/mol. The summed E-state index contributed by atoms with van der Waals surface area (Å²) in [6, 6.07) is 20.3. The third-order valence-corrected chi connectivity index (χ3v) is 7.25. The number of carbonyl (C=O) groups is 1. The van der Waals surface area contributed by atoms with Gasteiger partial charge in [-0.1, -0.05) is 48.0 Å². The Morgan fingerprint density at radius 1 is 1.12 bits per heavy atom. The summed E-state index contributed by atoms with van der Waals surface area (Å²) in [7, 11) is 3.58. The van der Waals surface area contributed by atoms with Crippen LogP contribution in [0.4, 0.5) is 0 Å². The Morgan fingerprint density at radius 3 is 2.50 bits per heavy atom. The molecule has 3 aromatic carbocycles. The van der Waals surface area contributed by atoms with E-state index in [1.807, 2.05) is 48.3 Å². The molecular formula is C27H31ClN2O2. The smallest absolute Gasteiger partial charge is 0.223 e. The van der Waals surface area contributed by atoms with E-state index in [1.165, 1.54) is 5.56 Å². The summed E-state index contributed by atoms with van der Waals surface area (Å²) in [5.41, 5.74) is 2.12. The van der Waals surface area contributed by atoms with Gasteiger partial charge >= 0.3 is 0 Å². The molecule has 5 heteroatoms. The molecule has 0 bridgehead atoms. The van der Waals surface area contributed by atoms with E-state index in [1.54, 1.807) is 7.11 Å². The van der Waals surface area contributed by atoms with Crippen LogP contribution in [0.15, 0.2) is 60.7 Å². The largest absolute Gasteiger partial charge is 0.497 e. The van der Waals surface area contributed by atoms with Gasteiger partial charge in [0.2, 0.25) is 5.91 Å². The fourth-order valence-electron chi connectivity index (χ4n) is 4.90. The molecule has 1 unspecified atom stereocenters. The van der Waals surface area contributed by atoms with Gasteiger partial charge in [0.1, 0.15) is 5.75 Å². The summed E-state index contributed by atoms with van der Waals surface area (Å²) in [5.74, 6) is 0.988. The van der Waals surface area contributed by atoms with Crippen molar-refractivity contribution in [1.29, 1.82) is 0 Å². The zero-order valence-electron chi connectivity index (χ0n) is 19.0. The molecule has 0 aliphatic carbocycles. The molecule has 1 amide bonds. The van der Waals surface area contributed by atoms with Crippen molar-refractivity contribution in [3.05, 3.63) is 76.8 Å². The molecule has 1 N–H and O–H groups in total. The van der Waals surface area contributed by atoms with Crippen molar-refractivity contribution in [2.45, 2.75) is 37.6 Å². The van der Waals surface area contributed by atoms with E-state index < -0.39 is 0 Å². The Labute approximate surface area is 195 Å². The molecule has 1 saturated heterocycles. The standard InChI is InChI=1S/C27H31ClN2O2/c1-19(25-17-22(28)16-20-6-4-5-7-24(20)25)30(2)26(31)18-27(12-14-29-15-13-27)21-8-10-23(32-3)11-9-21/h4-11,16-17,19,29H,12-15,18H2,1-3H3. The zero-order valence-corrected chi connectivity index (χ0v) is 19.8. The highest BCUT2D eigenvalue weighted by Gasteiger charge is 2.37. The number of carbonyl (C=O) groups excluding carboxylic acids is 1. The number of fused-ring (bicyclic) bond motifs is 1. The zero-order chi connectivity index (χ0) is 22.7. The Bertz CT molecular complexity index is 1090. The molecular weight excluding hydrogens is 420 g/mol. The van der Waals surface area contributed by atoms with Gasteiger partial charge in [0.15, 0.2) is 0 Å². The quantitative estimate of drug-likeness (QED) is 0.521. The van der Waals surface area contributed by atoms with Crippen LogP contribution in [0.2, 0.25) is 5.02 Å². The van der Waals surface area contributed by atoms with Crippen LogP contribution >= 0.6 is 11.6 Å². The van der Waals surface area contributed by atoms with Crippen LogP contribution in [0.25, 0.3) is 10.8 Å². The van der Waals surface area contributed by atoms with Crippen LogP contribution < -0.4 is 10.1 Å². The number of hydrogen-bond acceptors (Lipinski definition) is 3. The highest BCUT2D eigenvalue weighted by molar-refractivity contribution is 6.31. The number of piperidine rings is 1. The average Bonchev–Trinajstić information content (AvgIpc) is 2.83. The summed E-state index contributed by atoms with van der Waals surface area (Å²) in [4.78, 5) is 15.5. The first-order chi connectivity index (χ1) is 15.4. The number of halogens is 1. The van der Waals surface area contributed by atoms with E-state index >= 15 is 0 Å². The van der Waals surface area contributed by atoms with Crippen molar-refractivity contribution < 1.29 is 9.53 Å². The Morgan fingerprint density at radius 2 is 1.81 bits per heavy atom. The first kappa shape index (κ1) is 22.6. The van der Waals surface area contributed by atoms with Crippen LogP contribution in [0.5, 0.6) is 5.75 Å². The van der Waals surface area contributed by atoms with Gasteiger partial charge in [-0.2, -0.15) is 0 Å². The van der Waals surface area contributed by atoms with Gasteiger partial charge in [-0.15, -0.1) is 0 Å². The van der Waals surface area contributed by atoms with E-state index in [2.05, 4.69) is 36.5 Å². The van der Waals surface area contributed by atoms with Crippen molar-refractivity contribution in [2.75, 3.05) is 27.2 Å². The predicted octanol–water partition coefficient (Wildman–Crippen LogP) is 5.73. The van der Waals surface area contributed by atoms with Gasteiger partial charge in [0, 0.05) is 23.9 Å². The van der Waals surface area contributed by atoms with Crippen LogP contribution in [-0.2, 0) is 10.2 Å². The van der Waals surface area contributed by atoms with Crippen molar-refractivity contribution in [1.82, 2.24) is 10.2 Å². The summed E-state index contributed by atoms with van der Waals surface area (Å²) in [5, 5.41) is 6.37. The van der Waals surface area contributed by atoms with Gasteiger partial charge in [0.05, 0.1) is 13.2 Å². The van der Waals surface area contributed by atoms with Gasteiger partial charge in [-0.3, -0.25) is 4.79 Å². The SMILES string of the molecule is COc1ccc(C2(CC(=O)N(C)C(C)c3cc(Cl)cc4ccccc34)CCNCC2)cc1. The van der Waals surface area contributed by atoms with Gasteiger partial charge in [-0.25, -0.2) is 0 Å². The fourth-order valence-corrected chi connectivity index (χ4v) is 5.14. The molecule has 168 valence electrons. The molecule has 0 saturated carbocycles. The molecule has 4 nitrogen and oxygen atoms in total. The molecule has 0 radical (unpaired) electrons. The third kappa shape index (κ3) is 4.48. The number of ether oxygens (including phenoxy) is 1. The van der Waals surface area contributed by atoms with E-state index in [9.17, 15) is 4.79 Å². The lowest BCUT2D eigenvalue weighted by Crippen LogP contribution is -2.44. The average molecular weight is 451 g/mol. The van der Waals surface area contributed by atoms with Crippen molar-refractivity contribution in [3.63, 3.8) is 0 Å². The van der Waals surface area contributed by atoms with Gasteiger partial charge in [-0.05, 0) is 79.0 Å². The van der Waals surface area contributed by atoms with E-state index in [0.717, 1.165) is 48.0 Å².